The fraction of sp³-hybridized carbons (Fsp3) is 0.465. The molecule has 150 heavy (non-hydrogen) atoms. The van der Waals surface area contributed by atoms with Crippen molar-refractivity contribution in [2.45, 2.75) is 229 Å². The molecule has 4 aromatic carbocycles. The van der Waals surface area contributed by atoms with Gasteiger partial charge in [-0.3, -0.25) is 94.7 Å². The lowest BCUT2D eigenvalue weighted by Crippen LogP contribution is -2.44. The Labute approximate surface area is 844 Å². The zero-order chi connectivity index (χ0) is 110. The molecule has 4 fully saturated rings. The number of nitrogens with one attached hydrogen (secondary N) is 8. The maximum atomic E-state index is 15.9. The van der Waals surface area contributed by atoms with E-state index < -0.39 is 261 Å². The minimum Gasteiger partial charge on any atom is -0.462 e. The first-order valence-corrected chi connectivity index (χ1v) is 51.4. The average molecular weight is 2200 g/mol. The van der Waals surface area contributed by atoms with Crippen LogP contribution in [0.2, 0.25) is 0 Å². The second kappa shape index (κ2) is 49.3. The van der Waals surface area contributed by atoms with Crippen molar-refractivity contribution in [1.29, 1.82) is 0 Å². The lowest BCUT2D eigenvalue weighted by atomic mass is 10.1. The number of hydrogen-bond donors (Lipinski definition) is 18. The summed E-state index contributed by atoms with van der Waals surface area (Å²) in [6, 6.07) is 27.8. The molecular formula is C86H110F4N18O38P4. The Morgan fingerprint density at radius 1 is 0.367 bits per heavy atom. The van der Waals surface area contributed by atoms with E-state index in [9.17, 15) is 107 Å². The minimum absolute atomic E-state index is 0.0521. The van der Waals surface area contributed by atoms with Crippen LogP contribution < -0.4 is 83.5 Å². The van der Waals surface area contributed by atoms with Gasteiger partial charge in [0.15, 0.2) is 47.2 Å². The third kappa shape index (κ3) is 29.6. The van der Waals surface area contributed by atoms with E-state index in [2.05, 4.69) is 50.3 Å². The molecule has 4 aliphatic rings. The number of para-hydroxylation sites is 4. The zero-order valence-corrected chi connectivity index (χ0v) is 84.8. The van der Waals surface area contributed by atoms with Crippen LogP contribution in [0, 0.1) is 0 Å². The van der Waals surface area contributed by atoms with E-state index in [0.717, 1.165) is 46.3 Å². The van der Waals surface area contributed by atoms with Crippen LogP contribution in [-0.4, -0.2) is 270 Å². The van der Waals surface area contributed by atoms with Gasteiger partial charge in [-0.1, -0.05) is 72.8 Å². The van der Waals surface area contributed by atoms with Gasteiger partial charge in [-0.2, -0.15) is 30.3 Å². The van der Waals surface area contributed by atoms with Gasteiger partial charge in [0.05, 0.1) is 37.1 Å². The summed E-state index contributed by atoms with van der Waals surface area (Å²) in [4.78, 5) is 144. The van der Waals surface area contributed by atoms with Gasteiger partial charge in [0.1, 0.15) is 122 Å². The molecule has 6 aromatic heterocycles. The predicted octanol–water partition coefficient (Wildman–Crippen LogP) is 2.68. The number of benzene rings is 4. The Bertz CT molecular complexity index is 6530. The molecule has 0 bridgehead atoms. The monoisotopic (exact) mass is 2200 g/mol. The number of carbonyl (C=O) groups excluding carboxylic acids is 4. The molecule has 4 saturated heterocycles. The molecule has 820 valence electrons. The second-order valence-electron chi connectivity index (χ2n) is 34.6. The van der Waals surface area contributed by atoms with Gasteiger partial charge in [0.25, 0.3) is 45.7 Å². The molecule has 10 heterocycles. The van der Waals surface area contributed by atoms with Crippen LogP contribution in [0.1, 0.15) is 108 Å². The summed E-state index contributed by atoms with van der Waals surface area (Å²) in [5.74, 6) is -16.0. The van der Waals surface area contributed by atoms with E-state index in [0.29, 0.717) is 9.13 Å². The van der Waals surface area contributed by atoms with E-state index in [1.54, 1.807) is 128 Å². The van der Waals surface area contributed by atoms with E-state index in [1.807, 2.05) is 9.97 Å². The number of aliphatic hydroxyl groups excluding tert-OH is 8. The van der Waals surface area contributed by atoms with Crippen LogP contribution >= 0.6 is 31.0 Å². The van der Waals surface area contributed by atoms with Crippen molar-refractivity contribution in [1.82, 2.24) is 78.5 Å². The summed E-state index contributed by atoms with van der Waals surface area (Å²) in [5, 5.41) is 92.9. The molecule has 24 atom stereocenters. The first-order chi connectivity index (χ1) is 70.3. The molecule has 14 rings (SSSR count). The highest BCUT2D eigenvalue weighted by atomic mass is 31.2. The zero-order valence-electron chi connectivity index (χ0n) is 81.2. The van der Waals surface area contributed by atoms with Crippen LogP contribution in [0.3, 0.4) is 0 Å². The van der Waals surface area contributed by atoms with Crippen molar-refractivity contribution in [3.8, 4) is 23.0 Å². The summed E-state index contributed by atoms with van der Waals surface area (Å²) in [7, 11) is -18.1. The molecule has 0 radical (unpaired) electrons. The fourth-order valence-electron chi connectivity index (χ4n) is 13.9. The number of nitrogens with two attached hydrogens (primary N) is 2. The Hall–Kier alpha value is -12.5. The van der Waals surface area contributed by atoms with Gasteiger partial charge in [0.2, 0.25) is 11.9 Å². The molecule has 4 aliphatic heterocycles. The number of hydrogen-bond acceptors (Lipinski definition) is 44. The van der Waals surface area contributed by atoms with Crippen LogP contribution in [-0.2, 0) is 93.4 Å². The highest BCUT2D eigenvalue weighted by molar-refractivity contribution is 7.53. The molecule has 0 saturated carbocycles. The maximum Gasteiger partial charge on any atom is 0.459 e. The number of aliphatic hydroxyl groups is 8. The number of nitrogen functional groups attached to an aromatic ring is 2. The van der Waals surface area contributed by atoms with Gasteiger partial charge < -0.3 is 108 Å². The van der Waals surface area contributed by atoms with E-state index in [4.69, 9.17) is 85.6 Å². The van der Waals surface area contributed by atoms with E-state index >= 15 is 17.6 Å². The lowest BCUT2D eigenvalue weighted by molar-refractivity contribution is -0.204. The van der Waals surface area contributed by atoms with Crippen molar-refractivity contribution < 1.29 is 170 Å². The van der Waals surface area contributed by atoms with Crippen molar-refractivity contribution >= 4 is 89.1 Å². The number of esters is 4. The SMILES string of the molecule is CC(C)OC(=O)C(C)NP(=O)(OC[C@@]1(F)OC(n2cnc3c(=O)[nH]c(N)nc32)[C@H](O)[C@@H]1O)Oc1ccccc1.CC(C)OC(=O)[C@@H](C)NP(=O)(OC[C@@]1(F)OC(n2ccc(=O)[nH]c2=O)[C@H](O)[C@@H]1O)Oc1ccccc1.CC(C)OC(=O)[C@@H](C)NP(=O)(OC[C@@]1(F)OC(n2cnc3c(=O)[nH]c(N)nc32)[C@H](O)[C@@H]1O)Oc1ccccc1.CC(C)OC(=O)[C@H](C)NP(=O)(OC[C@@]1(F)OC(n2ccc(=O)[nH]c2=O)[C@H](O)[C@@H]1O)Oc1ccccc1. The van der Waals surface area contributed by atoms with Crippen molar-refractivity contribution in [3.63, 3.8) is 0 Å². The molecular weight excluding hydrogens is 2090 g/mol. The van der Waals surface area contributed by atoms with Gasteiger partial charge in [-0.25, -0.2) is 55.4 Å². The minimum atomic E-state index is -4.53. The van der Waals surface area contributed by atoms with Gasteiger partial charge in [0, 0.05) is 24.5 Å². The van der Waals surface area contributed by atoms with Crippen molar-refractivity contribution in [2.75, 3.05) is 37.9 Å². The molecule has 0 spiro atoms. The third-order valence-electron chi connectivity index (χ3n) is 21.0. The van der Waals surface area contributed by atoms with Gasteiger partial charge >= 0.3 is 66.2 Å². The third-order valence-corrected chi connectivity index (χ3v) is 27.5. The van der Waals surface area contributed by atoms with Crippen LogP contribution in [0.5, 0.6) is 23.0 Å². The largest absolute Gasteiger partial charge is 0.462 e. The van der Waals surface area contributed by atoms with E-state index in [-0.39, 0.29) is 57.2 Å². The number of carbonyl (C=O) groups is 4. The molecule has 9 unspecified atom stereocenters. The first kappa shape index (κ1) is 118. The Morgan fingerprint density at radius 3 is 0.800 bits per heavy atom. The lowest BCUT2D eigenvalue weighted by Gasteiger charge is -2.27. The number of rotatable bonds is 40. The standard InChI is InChI=1S/2C22H28FN6O9P.2C21H27FN3O10P/c2*1-11(2)36-20(33)12(3)28-39(34,38-13-7-5-4-6-8-13)35-9-22(23)16(31)15(30)19(37-22)29-10-25-14-17(29)26-21(24)27-18(14)32;2*1-12(2)33-19(29)13(3)24-36(31,35-14-7-5-4-6-8-14)32-11-21(22)17(28)16(27)18(34-21)25-10-9-15(26)23-20(25)30/h2*4-8,10-12,15-16,19,30-31H,9H2,1-3H3,(H,28,34)(H3,24,26,27,32);2*4-10,12-13,16-18,27-28H,11H2,1-3H3,(H,24,31)(H,23,26,30)/t12?,15-,16+,19?,22-,39?;12-,15-,16+,19?,22-,39?;13-,16+,17-,18?,21+,36?;13-,16-,17+,18?,21-,36?/m1101/s1. The smallest absolute Gasteiger partial charge is 0.459 e. The van der Waals surface area contributed by atoms with E-state index in [1.165, 1.54) is 76.2 Å². The summed E-state index contributed by atoms with van der Waals surface area (Å²) in [6.07, 6.45) is -21.3. The van der Waals surface area contributed by atoms with Crippen molar-refractivity contribution in [3.05, 3.63) is 221 Å². The van der Waals surface area contributed by atoms with Crippen LogP contribution in [0.4, 0.5) is 29.5 Å². The summed E-state index contributed by atoms with van der Waals surface area (Å²) in [5.41, 5.74) is 5.61. The number of H-pyrrole nitrogens is 4. The fourth-order valence-corrected chi connectivity index (χ4v) is 19.9. The van der Waals surface area contributed by atoms with Crippen LogP contribution in [0.15, 0.2) is 187 Å². The molecule has 20 N–H and O–H groups in total. The second-order valence-corrected chi connectivity index (χ2v) is 41.3. The molecule has 56 nitrogen and oxygen atoms in total. The number of halogens is 4. The number of alkyl halides is 4. The Morgan fingerprint density at radius 2 is 0.587 bits per heavy atom. The number of fused-ring (bicyclic) bond motifs is 2. The predicted molar refractivity (Wildman–Crippen MR) is 509 cm³/mol. The number of aromatic amines is 4. The maximum absolute atomic E-state index is 15.9. The summed E-state index contributed by atoms with van der Waals surface area (Å²) >= 11 is 0. The van der Waals surface area contributed by atoms with Crippen LogP contribution in [0.25, 0.3) is 22.3 Å². The molecule has 10 aromatic rings. The van der Waals surface area contributed by atoms with Gasteiger partial charge in [-0.15, -0.1) is 0 Å². The first-order valence-electron chi connectivity index (χ1n) is 45.2. The number of nitrogens with zero attached hydrogens (tertiary/aromatic N) is 8. The highest BCUT2D eigenvalue weighted by Gasteiger charge is 2.62. The number of ether oxygens (including phenoxy) is 8. The Balaban J connectivity index is 0.000000190. The summed E-state index contributed by atoms with van der Waals surface area (Å²) < 4.78 is 204. The molecule has 0 amide bonds. The average Bonchev–Trinajstić information content (AvgIpc) is 1.59. The number of aromatic nitrogens is 12. The highest BCUT2D eigenvalue weighted by Crippen LogP contribution is 2.54. The summed E-state index contributed by atoms with van der Waals surface area (Å²) in [6.45, 7) is 13.3. The van der Waals surface area contributed by atoms with Crippen molar-refractivity contribution in [2.24, 2.45) is 0 Å². The number of anilines is 2. The Kier molecular flexibility index (Phi) is 38.7. The topological polar surface area (TPSA) is 783 Å². The number of imidazole rings is 2. The normalized spacial score (nSPS) is 25.9. The molecule has 0 aliphatic carbocycles. The van der Waals surface area contributed by atoms with Gasteiger partial charge in [-0.05, 0) is 132 Å². The quantitative estimate of drug-likeness (QED) is 0.0114. The molecule has 64 heteroatoms.